The minimum absolute atomic E-state index is 0.352. The molecule has 32 heavy (non-hydrogen) atoms. The number of carbonyl (C=O) groups excluding carboxylic acids is 1. The number of hydrogen-bond acceptors (Lipinski definition) is 5. The predicted octanol–water partition coefficient (Wildman–Crippen LogP) is 6.60. The van der Waals surface area contributed by atoms with E-state index in [0.29, 0.717) is 28.8 Å². The Bertz CT molecular complexity index is 1220. The van der Waals surface area contributed by atoms with Crippen molar-refractivity contribution in [2.24, 2.45) is 0 Å². The van der Waals surface area contributed by atoms with Crippen LogP contribution in [0.2, 0.25) is 5.02 Å². The molecule has 0 radical (unpaired) electrons. The maximum absolute atomic E-state index is 13.2. The fraction of sp³-hybridized carbons (Fsp3) is 0.120. The molecular weight excluding hydrogens is 444 g/mol. The van der Waals surface area contributed by atoms with Crippen molar-refractivity contribution in [3.8, 4) is 17.3 Å². The summed E-state index contributed by atoms with van der Waals surface area (Å²) in [5.41, 5.74) is 1.89. The Morgan fingerprint density at radius 3 is 2.41 bits per heavy atom. The average Bonchev–Trinajstić information content (AvgIpc) is 3.11. The number of aromatic nitrogens is 2. The van der Waals surface area contributed by atoms with Crippen LogP contribution in [0.15, 0.2) is 88.7 Å². The molecule has 0 aliphatic rings. The van der Waals surface area contributed by atoms with E-state index in [4.69, 9.17) is 21.1 Å². The number of benzene rings is 3. The van der Waals surface area contributed by atoms with Crippen molar-refractivity contribution in [3.05, 3.63) is 95.1 Å². The monoisotopic (exact) mass is 464 g/mol. The third kappa shape index (κ3) is 4.82. The van der Waals surface area contributed by atoms with Crippen LogP contribution >= 0.6 is 23.4 Å². The number of carbonyl (C=O) groups is 1. The molecule has 4 rings (SSSR count). The quantitative estimate of drug-likeness (QED) is 0.288. The third-order valence-corrected chi connectivity index (χ3v) is 6.03. The van der Waals surface area contributed by atoms with Crippen molar-refractivity contribution < 1.29 is 14.3 Å². The molecule has 162 valence electrons. The molecular formula is C25H21ClN2O3S. The Balaban J connectivity index is 1.76. The van der Waals surface area contributed by atoms with E-state index in [1.807, 2.05) is 74.5 Å². The molecule has 0 bridgehead atoms. The lowest BCUT2D eigenvalue weighted by atomic mass is 10.2. The summed E-state index contributed by atoms with van der Waals surface area (Å²) in [6.45, 7) is 4.21. The highest BCUT2D eigenvalue weighted by atomic mass is 35.5. The Morgan fingerprint density at radius 1 is 1.00 bits per heavy atom. The fourth-order valence-corrected chi connectivity index (χ4v) is 4.16. The zero-order chi connectivity index (χ0) is 22.5. The molecule has 0 fully saturated rings. The van der Waals surface area contributed by atoms with Gasteiger partial charge in [0.1, 0.15) is 11.3 Å². The van der Waals surface area contributed by atoms with Gasteiger partial charge in [-0.15, -0.1) is 0 Å². The summed E-state index contributed by atoms with van der Waals surface area (Å²) in [7, 11) is 0. The smallest absolute Gasteiger partial charge is 0.348 e. The van der Waals surface area contributed by atoms with E-state index in [1.165, 1.54) is 11.8 Å². The van der Waals surface area contributed by atoms with Crippen LogP contribution in [0.4, 0.5) is 0 Å². The first-order valence-corrected chi connectivity index (χ1v) is 11.3. The van der Waals surface area contributed by atoms with Crippen molar-refractivity contribution in [1.82, 2.24) is 9.78 Å². The predicted molar refractivity (Wildman–Crippen MR) is 126 cm³/mol. The number of rotatable bonds is 7. The Labute approximate surface area is 195 Å². The summed E-state index contributed by atoms with van der Waals surface area (Å²) in [5.74, 6) is 0.323. The second-order valence-corrected chi connectivity index (χ2v) is 8.36. The number of esters is 1. The lowest BCUT2D eigenvalue weighted by Crippen LogP contribution is -2.14. The van der Waals surface area contributed by atoms with Gasteiger partial charge in [0, 0.05) is 9.92 Å². The van der Waals surface area contributed by atoms with Crippen LogP contribution in [0, 0.1) is 6.92 Å². The number of hydrogen-bond donors (Lipinski definition) is 0. The van der Waals surface area contributed by atoms with Gasteiger partial charge in [-0.05, 0) is 62.4 Å². The van der Waals surface area contributed by atoms with Crippen LogP contribution < -0.4 is 9.47 Å². The van der Waals surface area contributed by atoms with E-state index in [1.54, 1.807) is 22.9 Å². The minimum atomic E-state index is -0.510. The third-order valence-electron chi connectivity index (χ3n) is 4.60. The summed E-state index contributed by atoms with van der Waals surface area (Å²) in [6, 6.07) is 24.1. The summed E-state index contributed by atoms with van der Waals surface area (Å²) in [4.78, 5) is 14.9. The highest BCUT2D eigenvalue weighted by molar-refractivity contribution is 7.99. The lowest BCUT2D eigenvalue weighted by molar-refractivity contribution is 0.0714. The molecule has 1 aromatic heterocycles. The van der Waals surface area contributed by atoms with Crippen molar-refractivity contribution in [3.63, 3.8) is 0 Å². The van der Waals surface area contributed by atoms with Crippen LogP contribution in [0.5, 0.6) is 11.6 Å². The highest BCUT2D eigenvalue weighted by Crippen LogP contribution is 2.39. The number of para-hydroxylation sites is 2. The first-order valence-electron chi connectivity index (χ1n) is 10.1. The van der Waals surface area contributed by atoms with Gasteiger partial charge < -0.3 is 9.47 Å². The van der Waals surface area contributed by atoms with Gasteiger partial charge in [0.05, 0.1) is 22.9 Å². The summed E-state index contributed by atoms with van der Waals surface area (Å²) in [6.07, 6.45) is 0. The largest absolute Gasteiger partial charge is 0.493 e. The van der Waals surface area contributed by atoms with Gasteiger partial charge in [0.25, 0.3) is 0 Å². The Morgan fingerprint density at radius 2 is 1.69 bits per heavy atom. The van der Waals surface area contributed by atoms with E-state index < -0.39 is 5.97 Å². The van der Waals surface area contributed by atoms with Gasteiger partial charge in [0.15, 0.2) is 0 Å². The molecule has 1 heterocycles. The van der Waals surface area contributed by atoms with Gasteiger partial charge in [-0.25, -0.2) is 4.79 Å². The van der Waals surface area contributed by atoms with Gasteiger partial charge >= 0.3 is 5.97 Å². The van der Waals surface area contributed by atoms with Crippen molar-refractivity contribution in [2.45, 2.75) is 23.6 Å². The average molecular weight is 465 g/mol. The first kappa shape index (κ1) is 22.0. The van der Waals surface area contributed by atoms with Gasteiger partial charge in [0.2, 0.25) is 5.88 Å². The molecule has 0 aliphatic carbocycles. The van der Waals surface area contributed by atoms with E-state index in [-0.39, 0.29) is 0 Å². The Kier molecular flexibility index (Phi) is 6.83. The van der Waals surface area contributed by atoms with Crippen LogP contribution in [0.1, 0.15) is 23.0 Å². The molecule has 0 saturated carbocycles. The number of nitrogens with zero attached hydrogens (tertiary/aromatic N) is 2. The SMILES string of the molecule is CCOc1ccccc1C(=O)Oc1c(Sc2ccc(Cl)cc2)c(C)nn1-c1ccccc1. The highest BCUT2D eigenvalue weighted by Gasteiger charge is 2.24. The molecule has 5 nitrogen and oxygen atoms in total. The molecule has 0 unspecified atom stereocenters. The van der Waals surface area contributed by atoms with Gasteiger partial charge in [-0.2, -0.15) is 9.78 Å². The molecule has 0 aliphatic heterocycles. The second kappa shape index (κ2) is 9.94. The number of aryl methyl sites for hydroxylation is 1. The normalized spacial score (nSPS) is 10.7. The zero-order valence-corrected chi connectivity index (χ0v) is 19.2. The van der Waals surface area contributed by atoms with Crippen LogP contribution in [0.25, 0.3) is 5.69 Å². The molecule has 4 aromatic rings. The van der Waals surface area contributed by atoms with Gasteiger partial charge in [-0.3, -0.25) is 0 Å². The van der Waals surface area contributed by atoms with E-state index in [2.05, 4.69) is 5.10 Å². The standard InChI is InChI=1S/C25H21ClN2O3S/c1-3-30-22-12-8-7-11-21(22)25(29)31-24-23(32-20-15-13-18(26)14-16-20)17(2)27-28(24)19-9-5-4-6-10-19/h4-16H,3H2,1-2H3. The summed E-state index contributed by atoms with van der Waals surface area (Å²) < 4.78 is 13.2. The summed E-state index contributed by atoms with van der Waals surface area (Å²) >= 11 is 7.50. The second-order valence-electron chi connectivity index (χ2n) is 6.84. The molecule has 3 aromatic carbocycles. The van der Waals surface area contributed by atoms with E-state index in [9.17, 15) is 4.79 Å². The lowest BCUT2D eigenvalue weighted by Gasteiger charge is -2.12. The minimum Gasteiger partial charge on any atom is -0.493 e. The zero-order valence-electron chi connectivity index (χ0n) is 17.6. The molecule has 0 saturated heterocycles. The molecule has 7 heteroatoms. The topological polar surface area (TPSA) is 53.4 Å². The van der Waals surface area contributed by atoms with Crippen LogP contribution in [0.3, 0.4) is 0 Å². The van der Waals surface area contributed by atoms with E-state index in [0.717, 1.165) is 21.2 Å². The molecule has 0 spiro atoms. The maximum Gasteiger partial charge on any atom is 0.348 e. The van der Waals surface area contributed by atoms with E-state index >= 15 is 0 Å². The van der Waals surface area contributed by atoms with Crippen LogP contribution in [-0.4, -0.2) is 22.4 Å². The maximum atomic E-state index is 13.2. The van der Waals surface area contributed by atoms with Gasteiger partial charge in [-0.1, -0.05) is 53.7 Å². The summed E-state index contributed by atoms with van der Waals surface area (Å²) in [5, 5.41) is 5.32. The van der Waals surface area contributed by atoms with Crippen molar-refractivity contribution in [1.29, 1.82) is 0 Å². The molecule has 0 atom stereocenters. The van der Waals surface area contributed by atoms with Crippen LogP contribution in [-0.2, 0) is 0 Å². The van der Waals surface area contributed by atoms with Crippen molar-refractivity contribution >= 4 is 29.3 Å². The first-order chi connectivity index (χ1) is 15.6. The molecule has 0 amide bonds. The van der Waals surface area contributed by atoms with Crippen molar-refractivity contribution in [2.75, 3.05) is 6.61 Å². The Hall–Kier alpha value is -3.22. The number of halogens is 1. The fourth-order valence-electron chi connectivity index (χ4n) is 3.12. The molecule has 0 N–H and O–H groups in total. The number of ether oxygens (including phenoxy) is 2.